The van der Waals surface area contributed by atoms with Crippen LogP contribution >= 0.6 is 0 Å². The number of rotatable bonds is 18. The molecule has 11 nitrogen and oxygen atoms in total. The Labute approximate surface area is 344 Å². The zero-order valence-corrected chi connectivity index (χ0v) is 35.3. The molecule has 0 bridgehead atoms. The van der Waals surface area contributed by atoms with Crippen molar-refractivity contribution in [2.45, 2.75) is 149 Å². The lowest BCUT2D eigenvalue weighted by atomic mass is 9.43. The minimum absolute atomic E-state index is 0.0470. The van der Waals surface area contributed by atoms with Crippen LogP contribution in [0.25, 0.3) is 0 Å². The summed E-state index contributed by atoms with van der Waals surface area (Å²) in [6.07, 6.45) is 12.4. The fourth-order valence-electron chi connectivity index (χ4n) is 12.7. The largest absolute Gasteiger partial charge is 0.489 e. The molecule has 0 aromatic heterocycles. The molecular formula is C47H66O11. The quantitative estimate of drug-likeness (QED) is 0.0615. The van der Waals surface area contributed by atoms with Crippen molar-refractivity contribution in [3.63, 3.8) is 0 Å². The second-order valence-electron chi connectivity index (χ2n) is 18.6. The summed E-state index contributed by atoms with van der Waals surface area (Å²) in [6.45, 7) is 12.9. The first-order valence-electron chi connectivity index (χ1n) is 22.0. The minimum atomic E-state index is -0.369. The van der Waals surface area contributed by atoms with Crippen LogP contribution in [0, 0.1) is 52.3 Å². The van der Waals surface area contributed by atoms with Gasteiger partial charge < -0.3 is 28.4 Å². The molecule has 6 rings (SSSR count). The summed E-state index contributed by atoms with van der Waals surface area (Å²) in [5.74, 6) is 1.64. The number of ether oxygens (including phenoxy) is 6. The maximum atomic E-state index is 13.5. The van der Waals surface area contributed by atoms with Gasteiger partial charge in [0.15, 0.2) is 0 Å². The van der Waals surface area contributed by atoms with Gasteiger partial charge in [-0.2, -0.15) is 0 Å². The molecule has 0 amide bonds. The molecule has 0 spiro atoms. The van der Waals surface area contributed by atoms with E-state index >= 15 is 0 Å². The van der Waals surface area contributed by atoms with E-state index in [2.05, 4.69) is 32.9 Å². The predicted octanol–water partition coefficient (Wildman–Crippen LogP) is 8.14. The van der Waals surface area contributed by atoms with Crippen molar-refractivity contribution in [3.8, 4) is 5.75 Å². The summed E-state index contributed by atoms with van der Waals surface area (Å²) in [6, 6.07) is 8.02. The predicted molar refractivity (Wildman–Crippen MR) is 215 cm³/mol. The van der Waals surface area contributed by atoms with Gasteiger partial charge in [-0.3, -0.25) is 19.2 Å². The van der Waals surface area contributed by atoms with Gasteiger partial charge in [0.1, 0.15) is 36.8 Å². The van der Waals surface area contributed by atoms with E-state index in [9.17, 15) is 24.0 Å². The number of esters is 2. The molecule has 0 saturated heterocycles. The summed E-state index contributed by atoms with van der Waals surface area (Å²) in [5, 5.41) is 0. The summed E-state index contributed by atoms with van der Waals surface area (Å²) in [7, 11) is 0. The average molecular weight is 807 g/mol. The lowest BCUT2D eigenvalue weighted by molar-refractivity contribution is -0.218. The van der Waals surface area contributed by atoms with Gasteiger partial charge in [0.25, 0.3) is 19.4 Å². The highest BCUT2D eigenvalue weighted by molar-refractivity contribution is 5.82. The molecule has 13 atom stereocenters. The molecule has 0 N–H and O–H groups in total. The zero-order valence-electron chi connectivity index (χ0n) is 35.3. The van der Waals surface area contributed by atoms with Crippen molar-refractivity contribution in [1.82, 2.24) is 0 Å². The van der Waals surface area contributed by atoms with E-state index in [-0.39, 0.29) is 88.6 Å². The highest BCUT2D eigenvalue weighted by atomic mass is 16.6. The molecule has 1 aromatic rings. The van der Waals surface area contributed by atoms with Crippen LogP contribution in [0.2, 0.25) is 0 Å². The molecule has 5 saturated carbocycles. The molecule has 0 unspecified atom stereocenters. The molecule has 0 radical (unpaired) electrons. The minimum Gasteiger partial charge on any atom is -0.489 e. The Morgan fingerprint density at radius 1 is 0.862 bits per heavy atom. The van der Waals surface area contributed by atoms with Gasteiger partial charge in [0, 0.05) is 23.8 Å². The monoisotopic (exact) mass is 806 g/mol. The summed E-state index contributed by atoms with van der Waals surface area (Å²) >= 11 is 0. The van der Waals surface area contributed by atoms with Crippen LogP contribution in [-0.2, 0) is 54.1 Å². The molecule has 11 heteroatoms. The van der Waals surface area contributed by atoms with E-state index < -0.39 is 0 Å². The number of carbonyl (C=O) groups excluding carboxylic acids is 5. The van der Waals surface area contributed by atoms with Gasteiger partial charge in [-0.15, -0.1) is 0 Å². The van der Waals surface area contributed by atoms with Crippen LogP contribution in [0.4, 0.5) is 0 Å². The van der Waals surface area contributed by atoms with Gasteiger partial charge in [-0.05, 0) is 155 Å². The lowest BCUT2D eigenvalue weighted by Crippen LogP contribution is -2.63. The van der Waals surface area contributed by atoms with Crippen molar-refractivity contribution in [3.05, 3.63) is 41.5 Å². The third kappa shape index (κ3) is 9.44. The third-order valence-electron chi connectivity index (χ3n) is 15.6. The Morgan fingerprint density at radius 3 is 2.33 bits per heavy atom. The Balaban J connectivity index is 1.06. The molecule has 320 valence electrons. The molecule has 0 aliphatic heterocycles. The molecule has 5 fully saturated rings. The fourth-order valence-corrected chi connectivity index (χ4v) is 12.7. The molecular weight excluding hydrogens is 741 g/mol. The Kier molecular flexibility index (Phi) is 14.6. The SMILES string of the molecule is CCOC(=O)/C=C(/C)COc1ccc(C[C@H]2CCCC[C@H]2OC(=O)CC[C@@H](C)[C@H]2CC[C@H]3[C@@H]4[C@H](OC=O)C[C@@H]5C[C@H](OC=O)CC[C@]5(C)[C@H]4C[C@H](OC=O)[C@]23C)cc1. The highest BCUT2D eigenvalue weighted by Gasteiger charge is 2.67. The fraction of sp³-hybridized carbons (Fsp3) is 0.723. The number of fused-ring (bicyclic) bond motifs is 5. The molecule has 0 heterocycles. The van der Waals surface area contributed by atoms with Gasteiger partial charge in [0.2, 0.25) is 0 Å². The van der Waals surface area contributed by atoms with Crippen LogP contribution in [-0.4, -0.2) is 69.0 Å². The zero-order chi connectivity index (χ0) is 41.5. The highest BCUT2D eigenvalue weighted by Crippen LogP contribution is 2.69. The first-order chi connectivity index (χ1) is 27.9. The first kappa shape index (κ1) is 43.7. The molecule has 5 aliphatic rings. The smallest absolute Gasteiger partial charge is 0.330 e. The van der Waals surface area contributed by atoms with E-state index in [0.717, 1.165) is 82.0 Å². The van der Waals surface area contributed by atoms with Crippen LogP contribution < -0.4 is 4.74 Å². The Morgan fingerprint density at radius 2 is 1.60 bits per heavy atom. The van der Waals surface area contributed by atoms with Gasteiger partial charge >= 0.3 is 11.9 Å². The van der Waals surface area contributed by atoms with Crippen LogP contribution in [0.5, 0.6) is 5.75 Å². The van der Waals surface area contributed by atoms with Crippen LogP contribution in [0.3, 0.4) is 0 Å². The van der Waals surface area contributed by atoms with Crippen LogP contribution in [0.1, 0.15) is 124 Å². The van der Waals surface area contributed by atoms with Gasteiger partial charge in [-0.1, -0.05) is 39.3 Å². The first-order valence-corrected chi connectivity index (χ1v) is 22.0. The lowest BCUT2D eigenvalue weighted by Gasteiger charge is -2.64. The molecule has 5 aliphatic carbocycles. The maximum Gasteiger partial charge on any atom is 0.330 e. The van der Waals surface area contributed by atoms with E-state index in [1.807, 2.05) is 19.1 Å². The standard InChI is InChI=1S/C47H66O11/c1-6-53-44(52)21-30(2)26-54-35-14-12-32(13-15-35)22-33-9-7-8-10-40(33)58-43(51)18-11-31(3)37-16-17-38-45-39(25-42(57-29-50)47(37,38)5)46(4)20-19-36(55-27-48)23-34(46)24-41(45)56-28-49/h12-15,21,27-29,31,33-34,36-42,45H,6-11,16-20,22-26H2,1-5H3/b30-21-/t31-,33-,34+,36-,37-,38+,39+,40-,41-,42+,45+,46+,47-/m1/s1. The maximum absolute atomic E-state index is 13.5. The average Bonchev–Trinajstić information content (AvgIpc) is 3.56. The van der Waals surface area contributed by atoms with Crippen molar-refractivity contribution in [2.24, 2.45) is 52.3 Å². The summed E-state index contributed by atoms with van der Waals surface area (Å²) in [4.78, 5) is 60.5. The topological polar surface area (TPSA) is 141 Å². The summed E-state index contributed by atoms with van der Waals surface area (Å²) < 4.78 is 34.5. The van der Waals surface area contributed by atoms with E-state index in [1.54, 1.807) is 6.92 Å². The van der Waals surface area contributed by atoms with E-state index in [0.29, 0.717) is 51.9 Å². The van der Waals surface area contributed by atoms with Crippen molar-refractivity contribution in [2.75, 3.05) is 13.2 Å². The van der Waals surface area contributed by atoms with Crippen molar-refractivity contribution >= 4 is 31.4 Å². The van der Waals surface area contributed by atoms with Crippen molar-refractivity contribution in [1.29, 1.82) is 0 Å². The molecule has 58 heavy (non-hydrogen) atoms. The summed E-state index contributed by atoms with van der Waals surface area (Å²) in [5.41, 5.74) is 1.57. The van der Waals surface area contributed by atoms with E-state index in [1.165, 1.54) is 11.6 Å². The number of hydrogen-bond donors (Lipinski definition) is 0. The Hall–Kier alpha value is -3.89. The van der Waals surface area contributed by atoms with Gasteiger partial charge in [-0.25, -0.2) is 4.79 Å². The normalized spacial score (nSPS) is 36.1. The number of benzene rings is 1. The second-order valence-corrected chi connectivity index (χ2v) is 18.6. The van der Waals surface area contributed by atoms with Crippen LogP contribution in [0.15, 0.2) is 35.9 Å². The number of hydrogen-bond acceptors (Lipinski definition) is 11. The third-order valence-corrected chi connectivity index (χ3v) is 15.6. The molecule has 1 aromatic carbocycles. The Bertz CT molecular complexity index is 1610. The number of carbonyl (C=O) groups is 5. The van der Waals surface area contributed by atoms with E-state index in [4.69, 9.17) is 28.4 Å². The van der Waals surface area contributed by atoms with Crippen molar-refractivity contribution < 1.29 is 52.4 Å². The van der Waals surface area contributed by atoms with Gasteiger partial charge in [0.05, 0.1) is 6.61 Å². The second kappa shape index (κ2) is 19.4.